The maximum absolute atomic E-state index is 11.7. The quantitative estimate of drug-likeness (QED) is 0.486. The number of esters is 2. The number of carbonyl (C=O) groups is 4. The molecule has 0 aliphatic carbocycles. The van der Waals surface area contributed by atoms with Crippen molar-refractivity contribution in [2.45, 2.75) is 18.9 Å². The molecule has 0 spiro atoms. The molecule has 0 radical (unpaired) electrons. The summed E-state index contributed by atoms with van der Waals surface area (Å²) in [5, 5.41) is 0. The zero-order valence-corrected chi connectivity index (χ0v) is 13.7. The van der Waals surface area contributed by atoms with E-state index in [1.54, 1.807) is 0 Å². The Morgan fingerprint density at radius 3 is 1.96 bits per heavy atom. The molecular formula is C17H17NO8. The van der Waals surface area contributed by atoms with Gasteiger partial charge in [0.1, 0.15) is 6.04 Å². The molecule has 0 unspecified atom stereocenters. The number of hydrogen-bond donors (Lipinski definition) is 1. The van der Waals surface area contributed by atoms with Crippen molar-refractivity contribution in [2.24, 2.45) is 5.73 Å². The van der Waals surface area contributed by atoms with Gasteiger partial charge in [0, 0.05) is 6.42 Å². The Hall–Kier alpha value is -3.20. The van der Waals surface area contributed by atoms with Gasteiger partial charge in [-0.25, -0.2) is 0 Å². The molecule has 26 heavy (non-hydrogen) atoms. The highest BCUT2D eigenvalue weighted by atomic mass is 16.5. The summed E-state index contributed by atoms with van der Waals surface area (Å²) < 4.78 is 19.3. The van der Waals surface area contributed by atoms with Crippen molar-refractivity contribution in [1.82, 2.24) is 0 Å². The van der Waals surface area contributed by atoms with Crippen LogP contribution in [-0.2, 0) is 19.1 Å². The first-order valence-electron chi connectivity index (χ1n) is 7.68. The van der Waals surface area contributed by atoms with E-state index in [9.17, 15) is 19.2 Å². The second kappa shape index (κ2) is 9.33. The standard InChI is InChI=1S/C17H17NO8/c18-11(17(22)26-10-13(20)15-4-2-8-24-15)5-6-16(21)25-9-12(19)14-3-1-7-23-14/h1-4,7-8,11H,5-6,9-10,18H2/t11-/m0/s1. The molecule has 0 bridgehead atoms. The fraction of sp³-hybridized carbons (Fsp3) is 0.294. The Balaban J connectivity index is 1.64. The average Bonchev–Trinajstić information content (AvgIpc) is 3.35. The average molecular weight is 363 g/mol. The number of ketones is 2. The Morgan fingerprint density at radius 2 is 1.46 bits per heavy atom. The lowest BCUT2D eigenvalue weighted by Gasteiger charge is -2.10. The SMILES string of the molecule is N[C@@H](CCC(=O)OCC(=O)c1ccco1)C(=O)OCC(=O)c1ccco1. The molecule has 0 saturated carbocycles. The predicted octanol–water partition coefficient (Wildman–Crippen LogP) is 1.13. The zero-order valence-electron chi connectivity index (χ0n) is 13.7. The van der Waals surface area contributed by atoms with Crippen molar-refractivity contribution < 1.29 is 37.5 Å². The summed E-state index contributed by atoms with van der Waals surface area (Å²) in [5.41, 5.74) is 5.60. The first-order valence-corrected chi connectivity index (χ1v) is 7.68. The minimum Gasteiger partial charge on any atom is -0.461 e. The molecule has 2 aromatic rings. The molecule has 9 nitrogen and oxygen atoms in total. The molecule has 0 aromatic carbocycles. The molecule has 0 saturated heterocycles. The summed E-state index contributed by atoms with van der Waals surface area (Å²) in [4.78, 5) is 46.5. The predicted molar refractivity (Wildman–Crippen MR) is 85.2 cm³/mol. The van der Waals surface area contributed by atoms with E-state index >= 15 is 0 Å². The highest BCUT2D eigenvalue weighted by Gasteiger charge is 2.20. The van der Waals surface area contributed by atoms with Crippen LogP contribution in [0.2, 0.25) is 0 Å². The van der Waals surface area contributed by atoms with Gasteiger partial charge < -0.3 is 24.0 Å². The Kier molecular flexibility index (Phi) is 6.86. The summed E-state index contributed by atoms with van der Waals surface area (Å²) in [7, 11) is 0. The molecule has 9 heteroatoms. The van der Waals surface area contributed by atoms with Crippen LogP contribution in [0.25, 0.3) is 0 Å². The van der Waals surface area contributed by atoms with Crippen LogP contribution in [-0.4, -0.2) is 42.8 Å². The number of ether oxygens (including phenoxy) is 2. The monoisotopic (exact) mass is 363 g/mol. The van der Waals surface area contributed by atoms with E-state index < -0.39 is 42.8 Å². The molecule has 138 valence electrons. The van der Waals surface area contributed by atoms with Gasteiger partial charge in [-0.1, -0.05) is 0 Å². The van der Waals surface area contributed by atoms with E-state index in [2.05, 4.69) is 0 Å². The maximum Gasteiger partial charge on any atom is 0.323 e. The van der Waals surface area contributed by atoms with Gasteiger partial charge in [0.25, 0.3) is 0 Å². The van der Waals surface area contributed by atoms with Crippen LogP contribution in [0.4, 0.5) is 0 Å². The minimum atomic E-state index is -1.10. The molecule has 2 rings (SSSR count). The van der Waals surface area contributed by atoms with Crippen molar-refractivity contribution in [2.75, 3.05) is 13.2 Å². The van der Waals surface area contributed by atoms with Crippen molar-refractivity contribution in [3.63, 3.8) is 0 Å². The lowest BCUT2D eigenvalue weighted by atomic mass is 10.2. The number of Topliss-reactive ketones (excluding diaryl/α,β-unsaturated/α-hetero) is 2. The van der Waals surface area contributed by atoms with Crippen molar-refractivity contribution in [1.29, 1.82) is 0 Å². The van der Waals surface area contributed by atoms with Crippen LogP contribution in [0.15, 0.2) is 45.6 Å². The fourth-order valence-electron chi connectivity index (χ4n) is 1.87. The van der Waals surface area contributed by atoms with E-state index in [1.807, 2.05) is 0 Å². The smallest absolute Gasteiger partial charge is 0.323 e. The lowest BCUT2D eigenvalue weighted by molar-refractivity contribution is -0.145. The first-order chi connectivity index (χ1) is 12.5. The Labute approximate surface area is 148 Å². The topological polar surface area (TPSA) is 139 Å². The molecule has 0 aliphatic rings. The fourth-order valence-corrected chi connectivity index (χ4v) is 1.87. The van der Waals surface area contributed by atoms with Crippen LogP contribution >= 0.6 is 0 Å². The number of furan rings is 2. The van der Waals surface area contributed by atoms with Gasteiger partial charge >= 0.3 is 11.9 Å². The third kappa shape index (κ3) is 5.71. The number of rotatable bonds is 10. The van der Waals surface area contributed by atoms with Gasteiger partial charge in [0.15, 0.2) is 24.7 Å². The van der Waals surface area contributed by atoms with E-state index in [-0.39, 0.29) is 24.4 Å². The van der Waals surface area contributed by atoms with Gasteiger partial charge in [-0.3, -0.25) is 19.2 Å². The van der Waals surface area contributed by atoms with Gasteiger partial charge in [0.05, 0.1) is 12.5 Å². The van der Waals surface area contributed by atoms with Crippen LogP contribution in [0.5, 0.6) is 0 Å². The second-order valence-corrected chi connectivity index (χ2v) is 5.21. The van der Waals surface area contributed by atoms with Gasteiger partial charge in [0.2, 0.25) is 11.6 Å². The molecule has 1 atom stereocenters. The summed E-state index contributed by atoms with van der Waals surface area (Å²) in [6.45, 7) is -0.980. The normalized spacial score (nSPS) is 11.6. The van der Waals surface area contributed by atoms with Crippen molar-refractivity contribution in [3.8, 4) is 0 Å². The Morgan fingerprint density at radius 1 is 0.923 bits per heavy atom. The second-order valence-electron chi connectivity index (χ2n) is 5.21. The van der Waals surface area contributed by atoms with Gasteiger partial charge in [-0.2, -0.15) is 0 Å². The van der Waals surface area contributed by atoms with Crippen molar-refractivity contribution in [3.05, 3.63) is 48.3 Å². The van der Waals surface area contributed by atoms with Crippen LogP contribution in [0, 0.1) is 0 Å². The third-order valence-electron chi connectivity index (χ3n) is 3.26. The third-order valence-corrected chi connectivity index (χ3v) is 3.26. The molecule has 0 amide bonds. The summed E-state index contributed by atoms with van der Waals surface area (Å²) in [6, 6.07) is 4.86. The molecule has 2 N–H and O–H groups in total. The highest BCUT2D eigenvalue weighted by molar-refractivity contribution is 5.96. The minimum absolute atomic E-state index is 0.0540. The summed E-state index contributed by atoms with van der Waals surface area (Å²) in [6.07, 6.45) is 2.41. The van der Waals surface area contributed by atoms with Gasteiger partial charge in [-0.05, 0) is 30.7 Å². The molecule has 0 aliphatic heterocycles. The number of nitrogens with two attached hydrogens (primary N) is 1. The summed E-state index contributed by atoms with van der Waals surface area (Å²) in [5.74, 6) is -2.37. The molecule has 0 fully saturated rings. The van der Waals surface area contributed by atoms with Gasteiger partial charge in [-0.15, -0.1) is 0 Å². The van der Waals surface area contributed by atoms with Crippen LogP contribution in [0.3, 0.4) is 0 Å². The van der Waals surface area contributed by atoms with Crippen molar-refractivity contribution >= 4 is 23.5 Å². The van der Waals surface area contributed by atoms with Crippen LogP contribution in [0.1, 0.15) is 34.0 Å². The molecular weight excluding hydrogens is 346 g/mol. The number of hydrogen-bond acceptors (Lipinski definition) is 9. The van der Waals surface area contributed by atoms with E-state index in [0.29, 0.717) is 0 Å². The highest BCUT2D eigenvalue weighted by Crippen LogP contribution is 2.05. The van der Waals surface area contributed by atoms with E-state index in [1.165, 1.54) is 36.8 Å². The van der Waals surface area contributed by atoms with E-state index in [4.69, 9.17) is 24.0 Å². The summed E-state index contributed by atoms with van der Waals surface area (Å²) >= 11 is 0. The largest absolute Gasteiger partial charge is 0.461 e. The maximum atomic E-state index is 11.7. The first kappa shape index (κ1) is 19.1. The molecule has 2 aromatic heterocycles. The molecule has 2 heterocycles. The zero-order chi connectivity index (χ0) is 18.9. The van der Waals surface area contributed by atoms with Crippen LogP contribution < -0.4 is 5.73 Å². The number of carbonyl (C=O) groups excluding carboxylic acids is 4. The Bertz CT molecular complexity index is 748. The lowest BCUT2D eigenvalue weighted by Crippen LogP contribution is -2.34. The van der Waals surface area contributed by atoms with E-state index in [0.717, 1.165) is 0 Å².